The van der Waals surface area contributed by atoms with Crippen molar-refractivity contribution < 1.29 is 13.2 Å². The van der Waals surface area contributed by atoms with E-state index in [-0.39, 0.29) is 11.8 Å². The largest absolute Gasteiger partial charge is 0.381 e. The first-order chi connectivity index (χ1) is 5.43. The predicted octanol–water partition coefficient (Wildman–Crippen LogP) is -0.0541. The fourth-order valence-electron chi connectivity index (χ4n) is 1.84. The summed E-state index contributed by atoms with van der Waals surface area (Å²) in [7, 11) is -3.40. The van der Waals surface area contributed by atoms with Crippen LogP contribution in [0.1, 0.15) is 13.8 Å². The Labute approximate surface area is 73.1 Å². The SMILES string of the molecule is C[C@H]1COC[C@H](C)C1S(N)(=O)=O. The van der Waals surface area contributed by atoms with E-state index in [9.17, 15) is 8.42 Å². The smallest absolute Gasteiger partial charge is 0.212 e. The minimum Gasteiger partial charge on any atom is -0.381 e. The summed E-state index contributed by atoms with van der Waals surface area (Å²) in [6, 6.07) is 0. The highest BCUT2D eigenvalue weighted by molar-refractivity contribution is 7.89. The summed E-state index contributed by atoms with van der Waals surface area (Å²) < 4.78 is 27.5. The number of primary sulfonamides is 1. The first-order valence-corrected chi connectivity index (χ1v) is 5.63. The zero-order chi connectivity index (χ0) is 9.35. The summed E-state index contributed by atoms with van der Waals surface area (Å²) in [6.45, 7) is 4.69. The molecule has 1 fully saturated rings. The number of sulfonamides is 1. The zero-order valence-electron chi connectivity index (χ0n) is 7.36. The number of hydrogen-bond acceptors (Lipinski definition) is 3. The molecular weight excluding hydrogens is 178 g/mol. The van der Waals surface area contributed by atoms with Gasteiger partial charge >= 0.3 is 0 Å². The maximum atomic E-state index is 11.1. The molecule has 2 N–H and O–H groups in total. The molecule has 1 rings (SSSR count). The van der Waals surface area contributed by atoms with Gasteiger partial charge in [-0.15, -0.1) is 0 Å². The van der Waals surface area contributed by atoms with Crippen LogP contribution in [0.5, 0.6) is 0 Å². The van der Waals surface area contributed by atoms with Crippen molar-refractivity contribution >= 4 is 10.0 Å². The lowest BCUT2D eigenvalue weighted by Crippen LogP contribution is -2.45. The Morgan fingerprint density at radius 2 is 1.67 bits per heavy atom. The van der Waals surface area contributed by atoms with Crippen molar-refractivity contribution in [3.05, 3.63) is 0 Å². The van der Waals surface area contributed by atoms with E-state index < -0.39 is 15.3 Å². The highest BCUT2D eigenvalue weighted by Gasteiger charge is 2.36. The molecule has 0 aromatic heterocycles. The molecule has 5 heteroatoms. The average molecular weight is 193 g/mol. The van der Waals surface area contributed by atoms with Crippen LogP contribution in [0.3, 0.4) is 0 Å². The minimum absolute atomic E-state index is 0.00347. The first-order valence-electron chi connectivity index (χ1n) is 4.02. The van der Waals surface area contributed by atoms with Gasteiger partial charge in [-0.3, -0.25) is 0 Å². The molecule has 0 bridgehead atoms. The third-order valence-electron chi connectivity index (χ3n) is 2.26. The molecule has 0 radical (unpaired) electrons. The van der Waals surface area contributed by atoms with Gasteiger partial charge in [0, 0.05) is 0 Å². The van der Waals surface area contributed by atoms with Crippen LogP contribution in [0, 0.1) is 11.8 Å². The van der Waals surface area contributed by atoms with Crippen LogP contribution in [-0.2, 0) is 14.8 Å². The van der Waals surface area contributed by atoms with E-state index in [2.05, 4.69) is 0 Å². The molecule has 0 aromatic carbocycles. The number of ether oxygens (including phenoxy) is 1. The molecule has 1 aliphatic rings. The molecule has 72 valence electrons. The third-order valence-corrected chi connectivity index (χ3v) is 3.95. The van der Waals surface area contributed by atoms with Crippen LogP contribution in [0.4, 0.5) is 0 Å². The third kappa shape index (κ3) is 1.97. The molecule has 0 amide bonds. The van der Waals surface area contributed by atoms with Crippen LogP contribution < -0.4 is 5.14 Å². The van der Waals surface area contributed by atoms with Crippen LogP contribution in [0.2, 0.25) is 0 Å². The normalized spacial score (nSPS) is 33.6. The lowest BCUT2D eigenvalue weighted by molar-refractivity contribution is 0.0302. The molecule has 0 saturated carbocycles. The maximum absolute atomic E-state index is 11.1. The number of nitrogens with two attached hydrogens (primary N) is 1. The van der Waals surface area contributed by atoms with Crippen molar-refractivity contribution in [3.8, 4) is 0 Å². The summed E-state index contributed by atoms with van der Waals surface area (Å²) in [5, 5.41) is 4.67. The van der Waals surface area contributed by atoms with E-state index in [1.165, 1.54) is 0 Å². The highest BCUT2D eigenvalue weighted by atomic mass is 32.2. The van der Waals surface area contributed by atoms with Gasteiger partial charge in [-0.1, -0.05) is 13.8 Å². The van der Waals surface area contributed by atoms with Gasteiger partial charge in [-0.05, 0) is 11.8 Å². The summed E-state index contributed by atoms with van der Waals surface area (Å²) in [5.41, 5.74) is 0. The van der Waals surface area contributed by atoms with Gasteiger partial charge < -0.3 is 4.74 Å². The summed E-state index contributed by atoms with van der Waals surface area (Å²) in [4.78, 5) is 0. The molecule has 12 heavy (non-hydrogen) atoms. The summed E-state index contributed by atoms with van der Waals surface area (Å²) >= 11 is 0. The monoisotopic (exact) mass is 193 g/mol. The van der Waals surface area contributed by atoms with Crippen molar-refractivity contribution in [3.63, 3.8) is 0 Å². The molecule has 0 aliphatic carbocycles. The first kappa shape index (κ1) is 9.95. The Kier molecular flexibility index (Phi) is 2.75. The minimum atomic E-state index is -3.40. The second kappa shape index (κ2) is 3.32. The molecule has 4 nitrogen and oxygen atoms in total. The van der Waals surface area contributed by atoms with E-state index in [0.717, 1.165) is 0 Å². The van der Waals surface area contributed by atoms with Gasteiger partial charge in [0.25, 0.3) is 0 Å². The Bertz CT molecular complexity index is 239. The standard InChI is InChI=1S/C7H15NO3S/c1-5-3-11-4-6(2)7(5)12(8,9)10/h5-7H,3-4H2,1-2H3,(H2,8,9,10)/t5-,6-/m0/s1. The van der Waals surface area contributed by atoms with E-state index in [1.54, 1.807) is 0 Å². The van der Waals surface area contributed by atoms with Crippen LogP contribution in [-0.4, -0.2) is 26.9 Å². The molecular formula is C7H15NO3S. The fourth-order valence-corrected chi connectivity index (χ4v) is 3.29. The van der Waals surface area contributed by atoms with Crippen molar-refractivity contribution in [2.45, 2.75) is 19.1 Å². The molecule has 1 aliphatic heterocycles. The topological polar surface area (TPSA) is 69.4 Å². The van der Waals surface area contributed by atoms with Crippen LogP contribution in [0.15, 0.2) is 0 Å². The Morgan fingerprint density at radius 3 is 1.92 bits per heavy atom. The predicted molar refractivity (Wildman–Crippen MR) is 46.0 cm³/mol. The van der Waals surface area contributed by atoms with E-state index >= 15 is 0 Å². The molecule has 1 saturated heterocycles. The molecule has 0 unspecified atom stereocenters. The van der Waals surface area contributed by atoms with E-state index in [4.69, 9.17) is 9.88 Å². The highest BCUT2D eigenvalue weighted by Crippen LogP contribution is 2.24. The lowest BCUT2D eigenvalue weighted by Gasteiger charge is -2.32. The fraction of sp³-hybridized carbons (Fsp3) is 1.00. The second-order valence-corrected chi connectivity index (χ2v) is 5.27. The van der Waals surface area contributed by atoms with Gasteiger partial charge in [-0.25, -0.2) is 13.6 Å². The Morgan fingerprint density at radius 1 is 1.25 bits per heavy atom. The maximum Gasteiger partial charge on any atom is 0.212 e. The lowest BCUT2D eigenvalue weighted by atomic mass is 9.95. The quantitative estimate of drug-likeness (QED) is 0.634. The van der Waals surface area contributed by atoms with E-state index in [0.29, 0.717) is 13.2 Å². The van der Waals surface area contributed by atoms with Gasteiger partial charge in [0.05, 0.1) is 18.5 Å². The zero-order valence-corrected chi connectivity index (χ0v) is 8.17. The summed E-state index contributed by atoms with van der Waals surface area (Å²) in [5.74, 6) is 0.00694. The Balaban J connectivity index is 2.84. The number of rotatable bonds is 1. The van der Waals surface area contributed by atoms with Gasteiger partial charge in [0.2, 0.25) is 10.0 Å². The van der Waals surface area contributed by atoms with E-state index in [1.807, 2.05) is 13.8 Å². The van der Waals surface area contributed by atoms with Crippen molar-refractivity contribution in [2.75, 3.05) is 13.2 Å². The molecule has 1 heterocycles. The molecule has 0 aromatic rings. The second-order valence-electron chi connectivity index (χ2n) is 3.55. The summed E-state index contributed by atoms with van der Waals surface area (Å²) in [6.07, 6.45) is 0. The van der Waals surface area contributed by atoms with Gasteiger partial charge in [0.1, 0.15) is 0 Å². The molecule has 0 spiro atoms. The van der Waals surface area contributed by atoms with Crippen molar-refractivity contribution in [2.24, 2.45) is 17.0 Å². The van der Waals surface area contributed by atoms with Gasteiger partial charge in [0.15, 0.2) is 0 Å². The van der Waals surface area contributed by atoms with Crippen molar-refractivity contribution in [1.82, 2.24) is 0 Å². The van der Waals surface area contributed by atoms with Crippen LogP contribution >= 0.6 is 0 Å². The average Bonchev–Trinajstić information content (AvgIpc) is 1.82. The van der Waals surface area contributed by atoms with Crippen molar-refractivity contribution in [1.29, 1.82) is 0 Å². The number of hydrogen-bond donors (Lipinski definition) is 1. The van der Waals surface area contributed by atoms with Crippen LogP contribution in [0.25, 0.3) is 0 Å². The Hall–Kier alpha value is -0.130. The molecule has 2 atom stereocenters. The van der Waals surface area contributed by atoms with Gasteiger partial charge in [-0.2, -0.15) is 0 Å².